The average Bonchev–Trinajstić information content (AvgIpc) is 2.47. The molecule has 8 heteroatoms. The van der Waals surface area contributed by atoms with Crippen LogP contribution < -0.4 is 16.4 Å². The van der Waals surface area contributed by atoms with E-state index in [1.54, 1.807) is 13.0 Å². The minimum absolute atomic E-state index is 0. The Balaban J connectivity index is 0.00000529. The topological polar surface area (TPSA) is 110 Å². The van der Waals surface area contributed by atoms with E-state index in [0.29, 0.717) is 31.6 Å². The van der Waals surface area contributed by atoms with Gasteiger partial charge in [0.2, 0.25) is 5.91 Å². The molecule has 0 saturated heterocycles. The third-order valence-corrected chi connectivity index (χ3v) is 3.59. The van der Waals surface area contributed by atoms with Gasteiger partial charge in [-0.1, -0.05) is 19.4 Å². The number of anilines is 1. The number of aryl methyl sites for hydroxylation is 1. The monoisotopic (exact) mass is 358 g/mol. The Morgan fingerprint density at radius 3 is 2.62 bits per heavy atom. The van der Waals surface area contributed by atoms with Crippen LogP contribution >= 0.6 is 12.4 Å². The molecule has 0 saturated carbocycles. The van der Waals surface area contributed by atoms with E-state index in [4.69, 9.17) is 5.73 Å². The minimum atomic E-state index is -0.849. The Morgan fingerprint density at radius 2 is 2.04 bits per heavy atom. The number of nitrogens with two attached hydrogens (primary N) is 1. The van der Waals surface area contributed by atoms with Crippen molar-refractivity contribution in [1.82, 2.24) is 5.32 Å². The van der Waals surface area contributed by atoms with Crippen molar-refractivity contribution in [3.63, 3.8) is 0 Å². The first-order chi connectivity index (χ1) is 10.8. The van der Waals surface area contributed by atoms with Crippen LogP contribution in [0.25, 0.3) is 0 Å². The summed E-state index contributed by atoms with van der Waals surface area (Å²) >= 11 is 0. The number of nitrogens with zero attached hydrogens (tertiary/aromatic N) is 1. The normalized spacial score (nSPS) is 12.7. The standard InChI is InChI=1S/C16H26N4O3.ClH/c1-4-8-16(3,17)15(21)19-10-5-9-18-13-7-6-12(2)11-14(13)20(22)23;/h6-7,11,18H,4-5,8-10,17H2,1-3H3,(H,19,21);1H. The zero-order valence-corrected chi connectivity index (χ0v) is 15.2. The highest BCUT2D eigenvalue weighted by Gasteiger charge is 2.26. The molecule has 0 aliphatic carbocycles. The van der Waals surface area contributed by atoms with Crippen LogP contribution in [-0.4, -0.2) is 29.5 Å². The van der Waals surface area contributed by atoms with Gasteiger partial charge < -0.3 is 16.4 Å². The van der Waals surface area contributed by atoms with Gasteiger partial charge in [0.25, 0.3) is 5.69 Å². The maximum atomic E-state index is 11.9. The first-order valence-electron chi connectivity index (χ1n) is 7.84. The molecule has 4 N–H and O–H groups in total. The molecule has 24 heavy (non-hydrogen) atoms. The lowest BCUT2D eigenvalue weighted by molar-refractivity contribution is -0.384. The number of carbonyl (C=O) groups excluding carboxylic acids is 1. The van der Waals surface area contributed by atoms with E-state index >= 15 is 0 Å². The van der Waals surface area contributed by atoms with Crippen LogP contribution in [0.1, 0.15) is 38.7 Å². The molecule has 0 aliphatic rings. The summed E-state index contributed by atoms with van der Waals surface area (Å²) in [6, 6.07) is 5.06. The van der Waals surface area contributed by atoms with E-state index in [1.165, 1.54) is 6.07 Å². The molecule has 1 unspecified atom stereocenters. The second-order valence-corrected chi connectivity index (χ2v) is 5.98. The Labute approximate surface area is 148 Å². The first-order valence-corrected chi connectivity index (χ1v) is 7.84. The molecule has 7 nitrogen and oxygen atoms in total. The largest absolute Gasteiger partial charge is 0.379 e. The lowest BCUT2D eigenvalue weighted by Crippen LogP contribution is -2.51. The van der Waals surface area contributed by atoms with Gasteiger partial charge in [0.15, 0.2) is 0 Å². The van der Waals surface area contributed by atoms with Crippen LogP contribution in [0, 0.1) is 17.0 Å². The molecule has 1 aromatic rings. The van der Waals surface area contributed by atoms with Gasteiger partial charge in [-0.2, -0.15) is 0 Å². The van der Waals surface area contributed by atoms with E-state index in [9.17, 15) is 14.9 Å². The molecule has 0 bridgehead atoms. The van der Waals surface area contributed by atoms with Gasteiger partial charge in [0.05, 0.1) is 10.5 Å². The Bertz CT molecular complexity index is 564. The molecule has 0 heterocycles. The van der Waals surface area contributed by atoms with Crippen molar-refractivity contribution in [3.8, 4) is 0 Å². The van der Waals surface area contributed by atoms with Crippen LogP contribution in [0.4, 0.5) is 11.4 Å². The lowest BCUT2D eigenvalue weighted by Gasteiger charge is -2.22. The molecule has 0 spiro atoms. The molecule has 0 fully saturated rings. The third-order valence-electron chi connectivity index (χ3n) is 3.59. The molecule has 0 aliphatic heterocycles. The van der Waals surface area contributed by atoms with Crippen molar-refractivity contribution >= 4 is 29.7 Å². The number of carbonyl (C=O) groups is 1. The van der Waals surface area contributed by atoms with Crippen molar-refractivity contribution in [2.45, 2.75) is 45.6 Å². The van der Waals surface area contributed by atoms with Gasteiger partial charge in [-0.05, 0) is 38.3 Å². The summed E-state index contributed by atoms with van der Waals surface area (Å²) in [6.07, 6.45) is 2.13. The molecule has 136 valence electrons. The molecule has 1 rings (SSSR count). The number of nitro benzene ring substituents is 1. The quantitative estimate of drug-likeness (QED) is 0.357. The van der Waals surface area contributed by atoms with Gasteiger partial charge in [0.1, 0.15) is 5.69 Å². The molecular weight excluding hydrogens is 332 g/mol. The van der Waals surface area contributed by atoms with E-state index in [1.807, 2.05) is 19.9 Å². The highest BCUT2D eigenvalue weighted by Crippen LogP contribution is 2.25. The van der Waals surface area contributed by atoms with Gasteiger partial charge in [-0.25, -0.2) is 0 Å². The van der Waals surface area contributed by atoms with Crippen molar-refractivity contribution in [3.05, 3.63) is 33.9 Å². The maximum absolute atomic E-state index is 11.9. The third kappa shape index (κ3) is 6.72. The second-order valence-electron chi connectivity index (χ2n) is 5.98. The number of amides is 1. The number of nitrogens with one attached hydrogen (secondary N) is 2. The fraction of sp³-hybridized carbons (Fsp3) is 0.562. The van der Waals surface area contributed by atoms with Crippen molar-refractivity contribution in [1.29, 1.82) is 0 Å². The summed E-state index contributed by atoms with van der Waals surface area (Å²) in [6.45, 7) is 6.52. The van der Waals surface area contributed by atoms with E-state index < -0.39 is 10.5 Å². The predicted molar refractivity (Wildman–Crippen MR) is 98.7 cm³/mol. The van der Waals surface area contributed by atoms with Gasteiger partial charge >= 0.3 is 0 Å². The molecule has 0 radical (unpaired) electrons. The fourth-order valence-electron chi connectivity index (χ4n) is 2.29. The number of halogens is 1. The van der Waals surface area contributed by atoms with Crippen LogP contribution in [0.2, 0.25) is 0 Å². The highest BCUT2D eigenvalue weighted by atomic mass is 35.5. The summed E-state index contributed by atoms with van der Waals surface area (Å²) in [7, 11) is 0. The molecule has 1 amide bonds. The summed E-state index contributed by atoms with van der Waals surface area (Å²) < 4.78 is 0. The summed E-state index contributed by atoms with van der Waals surface area (Å²) in [5, 5.41) is 16.9. The number of benzene rings is 1. The zero-order chi connectivity index (χ0) is 17.5. The Hall–Kier alpha value is -1.86. The van der Waals surface area contributed by atoms with Crippen molar-refractivity contribution in [2.24, 2.45) is 5.73 Å². The van der Waals surface area contributed by atoms with Gasteiger partial charge in [-0.3, -0.25) is 14.9 Å². The predicted octanol–water partition coefficient (Wildman–Crippen LogP) is 2.76. The smallest absolute Gasteiger partial charge is 0.292 e. The second kappa shape index (κ2) is 10.1. The zero-order valence-electron chi connectivity index (χ0n) is 14.4. The maximum Gasteiger partial charge on any atom is 0.292 e. The Morgan fingerprint density at radius 1 is 1.38 bits per heavy atom. The number of hydrogen-bond acceptors (Lipinski definition) is 5. The Kier molecular flexibility index (Phi) is 9.32. The number of rotatable bonds is 9. The first kappa shape index (κ1) is 22.1. The van der Waals surface area contributed by atoms with Crippen molar-refractivity contribution in [2.75, 3.05) is 18.4 Å². The average molecular weight is 359 g/mol. The fourth-order valence-corrected chi connectivity index (χ4v) is 2.29. The number of hydrogen-bond donors (Lipinski definition) is 3. The molecule has 1 atom stereocenters. The summed E-state index contributed by atoms with van der Waals surface area (Å²) in [5.41, 5.74) is 6.48. The SMILES string of the molecule is CCCC(C)(N)C(=O)NCCCNc1ccc(C)cc1[N+](=O)[O-].Cl. The summed E-state index contributed by atoms with van der Waals surface area (Å²) in [4.78, 5) is 22.5. The van der Waals surface area contributed by atoms with Crippen molar-refractivity contribution < 1.29 is 9.72 Å². The van der Waals surface area contributed by atoms with Crippen LogP contribution in [0.3, 0.4) is 0 Å². The van der Waals surface area contributed by atoms with Gasteiger partial charge in [0, 0.05) is 19.2 Å². The van der Waals surface area contributed by atoms with Gasteiger partial charge in [-0.15, -0.1) is 12.4 Å². The van der Waals surface area contributed by atoms with E-state index in [0.717, 1.165) is 12.0 Å². The molecule has 0 aromatic heterocycles. The van der Waals surface area contributed by atoms with E-state index in [-0.39, 0.29) is 24.0 Å². The van der Waals surface area contributed by atoms with Crippen LogP contribution in [0.15, 0.2) is 18.2 Å². The minimum Gasteiger partial charge on any atom is -0.379 e. The van der Waals surface area contributed by atoms with Crippen LogP contribution in [0.5, 0.6) is 0 Å². The molecule has 1 aromatic carbocycles. The van der Waals surface area contributed by atoms with E-state index in [2.05, 4.69) is 10.6 Å². The molecular formula is C16H27ClN4O3. The number of nitro groups is 1. The summed E-state index contributed by atoms with van der Waals surface area (Å²) in [5.74, 6) is -0.166. The lowest BCUT2D eigenvalue weighted by atomic mass is 9.96. The van der Waals surface area contributed by atoms with Crippen LogP contribution in [-0.2, 0) is 4.79 Å². The highest BCUT2D eigenvalue weighted by molar-refractivity contribution is 5.85.